The molecule has 3 heteroatoms. The summed E-state index contributed by atoms with van der Waals surface area (Å²) in [5.41, 5.74) is 0.841. The molecule has 0 aromatic heterocycles. The maximum atomic E-state index is 8.74. The highest BCUT2D eigenvalue weighted by molar-refractivity contribution is 5.34. The van der Waals surface area contributed by atoms with E-state index in [4.69, 9.17) is 14.7 Å². The van der Waals surface area contributed by atoms with E-state index in [0.717, 1.165) is 12.2 Å². The molecule has 1 aliphatic heterocycles. The van der Waals surface area contributed by atoms with E-state index >= 15 is 0 Å². The van der Waals surface area contributed by atoms with Crippen LogP contribution in [-0.2, 0) is 4.74 Å². The zero-order valence-electron chi connectivity index (χ0n) is 11.1. The van der Waals surface area contributed by atoms with Gasteiger partial charge in [0.05, 0.1) is 23.3 Å². The van der Waals surface area contributed by atoms with E-state index in [1.54, 1.807) is 12.1 Å². The van der Waals surface area contributed by atoms with Crippen LogP contribution in [0.15, 0.2) is 24.3 Å². The Morgan fingerprint density at radius 1 is 1.21 bits per heavy atom. The average Bonchev–Trinajstić information content (AvgIpc) is 3.08. The number of benzene rings is 1. The van der Waals surface area contributed by atoms with E-state index in [2.05, 4.69) is 6.07 Å². The van der Waals surface area contributed by atoms with Crippen LogP contribution in [0.3, 0.4) is 0 Å². The van der Waals surface area contributed by atoms with E-state index < -0.39 is 0 Å². The molecular weight excluding hydrogens is 238 g/mol. The van der Waals surface area contributed by atoms with Gasteiger partial charge in [-0.05, 0) is 49.9 Å². The van der Waals surface area contributed by atoms with Crippen LogP contribution in [0, 0.1) is 11.3 Å². The molecule has 1 aromatic rings. The fourth-order valence-electron chi connectivity index (χ4n) is 3.21. The number of hydrogen-bond acceptors (Lipinski definition) is 3. The third kappa shape index (κ3) is 2.74. The van der Waals surface area contributed by atoms with E-state index in [9.17, 15) is 0 Å². The molecule has 0 N–H and O–H groups in total. The summed E-state index contributed by atoms with van der Waals surface area (Å²) in [6.07, 6.45) is 7.59. The largest absolute Gasteiger partial charge is 0.491 e. The molecule has 1 atom stereocenters. The Morgan fingerprint density at radius 2 is 1.95 bits per heavy atom. The second-order valence-corrected chi connectivity index (χ2v) is 5.62. The summed E-state index contributed by atoms with van der Waals surface area (Å²) in [6.45, 7) is 0.619. The first-order valence-corrected chi connectivity index (χ1v) is 7.10. The van der Waals surface area contributed by atoms with E-state index in [1.807, 2.05) is 12.1 Å². The fraction of sp³-hybridized carbons (Fsp3) is 0.562. The zero-order valence-corrected chi connectivity index (χ0v) is 11.1. The summed E-state index contributed by atoms with van der Waals surface area (Å²) < 4.78 is 12.0. The van der Waals surface area contributed by atoms with Crippen molar-refractivity contribution < 1.29 is 9.47 Å². The maximum absolute atomic E-state index is 8.74. The molecule has 3 nitrogen and oxygen atoms in total. The second-order valence-electron chi connectivity index (χ2n) is 5.62. The van der Waals surface area contributed by atoms with Gasteiger partial charge in [0.1, 0.15) is 12.4 Å². The minimum Gasteiger partial charge on any atom is -0.491 e. The number of ether oxygens (including phenoxy) is 2. The molecule has 1 unspecified atom stereocenters. The molecule has 3 rings (SSSR count). The van der Waals surface area contributed by atoms with E-state index in [1.165, 1.54) is 32.1 Å². The highest BCUT2D eigenvalue weighted by Gasteiger charge is 2.42. The van der Waals surface area contributed by atoms with Crippen LogP contribution >= 0.6 is 0 Å². The summed E-state index contributed by atoms with van der Waals surface area (Å²) in [6, 6.07) is 9.36. The number of nitrogens with zero attached hydrogens (tertiary/aromatic N) is 1. The van der Waals surface area contributed by atoms with Gasteiger partial charge in [0, 0.05) is 0 Å². The van der Waals surface area contributed by atoms with E-state index in [-0.39, 0.29) is 11.7 Å². The Kier molecular flexibility index (Phi) is 3.44. The van der Waals surface area contributed by atoms with Crippen LogP contribution in [0.2, 0.25) is 0 Å². The Hall–Kier alpha value is -1.53. The molecule has 1 heterocycles. The fourth-order valence-corrected chi connectivity index (χ4v) is 3.21. The Morgan fingerprint density at radius 3 is 2.63 bits per heavy atom. The molecule has 0 bridgehead atoms. The van der Waals surface area contributed by atoms with Crippen LogP contribution in [-0.4, -0.2) is 18.3 Å². The second kappa shape index (κ2) is 5.22. The van der Waals surface area contributed by atoms with Gasteiger partial charge in [-0.1, -0.05) is 12.8 Å². The molecule has 1 saturated heterocycles. The molecule has 2 fully saturated rings. The summed E-state index contributed by atoms with van der Waals surface area (Å²) in [5, 5.41) is 8.74. The number of rotatable bonds is 3. The topological polar surface area (TPSA) is 42.2 Å². The van der Waals surface area contributed by atoms with Gasteiger partial charge in [-0.3, -0.25) is 0 Å². The van der Waals surface area contributed by atoms with Crippen LogP contribution < -0.4 is 4.74 Å². The van der Waals surface area contributed by atoms with E-state index in [0.29, 0.717) is 12.2 Å². The third-order valence-corrected chi connectivity index (χ3v) is 4.27. The predicted octanol–water partition coefficient (Wildman–Crippen LogP) is 3.43. The van der Waals surface area contributed by atoms with Gasteiger partial charge in [-0.2, -0.15) is 5.26 Å². The molecule has 0 amide bonds. The molecule has 2 aliphatic rings. The van der Waals surface area contributed by atoms with Gasteiger partial charge in [-0.25, -0.2) is 0 Å². The van der Waals surface area contributed by atoms with Gasteiger partial charge in [-0.15, -0.1) is 0 Å². The normalized spacial score (nSPS) is 24.5. The molecule has 100 valence electrons. The van der Waals surface area contributed by atoms with Crippen molar-refractivity contribution in [3.63, 3.8) is 0 Å². The van der Waals surface area contributed by atoms with Crippen LogP contribution in [0.25, 0.3) is 0 Å². The SMILES string of the molecule is N#Cc1ccc(OCC2CCC3(CCCC3)O2)cc1. The highest BCUT2D eigenvalue weighted by Crippen LogP contribution is 2.43. The van der Waals surface area contributed by atoms with Crippen molar-refractivity contribution in [1.82, 2.24) is 0 Å². The van der Waals surface area contributed by atoms with Crippen molar-refractivity contribution >= 4 is 0 Å². The summed E-state index contributed by atoms with van der Waals surface area (Å²) in [7, 11) is 0. The lowest BCUT2D eigenvalue weighted by Crippen LogP contribution is -2.27. The molecule has 19 heavy (non-hydrogen) atoms. The third-order valence-electron chi connectivity index (χ3n) is 4.27. The van der Waals surface area contributed by atoms with Gasteiger partial charge in [0.15, 0.2) is 0 Å². The predicted molar refractivity (Wildman–Crippen MR) is 72.0 cm³/mol. The van der Waals surface area contributed by atoms with Crippen molar-refractivity contribution in [3.05, 3.63) is 29.8 Å². The first kappa shape index (κ1) is 12.5. The quantitative estimate of drug-likeness (QED) is 0.833. The summed E-state index contributed by atoms with van der Waals surface area (Å²) in [4.78, 5) is 0. The first-order valence-electron chi connectivity index (χ1n) is 7.10. The number of nitriles is 1. The maximum Gasteiger partial charge on any atom is 0.119 e. The first-order chi connectivity index (χ1) is 9.30. The molecule has 1 aliphatic carbocycles. The number of hydrogen-bond donors (Lipinski definition) is 0. The smallest absolute Gasteiger partial charge is 0.119 e. The highest BCUT2D eigenvalue weighted by atomic mass is 16.6. The van der Waals surface area contributed by atoms with Gasteiger partial charge < -0.3 is 9.47 Å². The van der Waals surface area contributed by atoms with Crippen molar-refractivity contribution in [2.75, 3.05) is 6.61 Å². The van der Waals surface area contributed by atoms with Crippen molar-refractivity contribution in [3.8, 4) is 11.8 Å². The minimum absolute atomic E-state index is 0.179. The Balaban J connectivity index is 1.51. The average molecular weight is 257 g/mol. The Bertz CT molecular complexity index is 469. The van der Waals surface area contributed by atoms with Gasteiger partial charge >= 0.3 is 0 Å². The lowest BCUT2D eigenvalue weighted by atomic mass is 9.98. The standard InChI is InChI=1S/C16H19NO2/c17-11-13-3-5-14(6-4-13)18-12-15-7-10-16(19-15)8-1-2-9-16/h3-6,15H,1-2,7-10,12H2. The molecule has 1 aromatic carbocycles. The molecule has 1 saturated carbocycles. The van der Waals surface area contributed by atoms with Gasteiger partial charge in [0.2, 0.25) is 0 Å². The summed E-state index contributed by atoms with van der Waals surface area (Å²) in [5.74, 6) is 0.815. The Labute approximate surface area is 114 Å². The monoisotopic (exact) mass is 257 g/mol. The van der Waals surface area contributed by atoms with Crippen LogP contribution in [0.5, 0.6) is 5.75 Å². The molecule has 0 radical (unpaired) electrons. The van der Waals surface area contributed by atoms with Gasteiger partial charge in [0.25, 0.3) is 0 Å². The lowest BCUT2D eigenvalue weighted by molar-refractivity contribution is -0.0508. The van der Waals surface area contributed by atoms with Crippen molar-refractivity contribution in [1.29, 1.82) is 5.26 Å². The van der Waals surface area contributed by atoms with Crippen molar-refractivity contribution in [2.45, 2.75) is 50.2 Å². The minimum atomic E-state index is 0.179. The molecule has 1 spiro atoms. The summed E-state index contributed by atoms with van der Waals surface area (Å²) >= 11 is 0. The zero-order chi connectivity index (χ0) is 13.1. The van der Waals surface area contributed by atoms with Crippen LogP contribution in [0.1, 0.15) is 44.1 Å². The lowest BCUT2D eigenvalue weighted by Gasteiger charge is -2.23. The molecular formula is C16H19NO2. The van der Waals surface area contributed by atoms with Crippen LogP contribution in [0.4, 0.5) is 0 Å². The van der Waals surface area contributed by atoms with Crippen molar-refractivity contribution in [2.24, 2.45) is 0 Å².